The number of aromatic nitrogens is 1. The van der Waals surface area contributed by atoms with Gasteiger partial charge in [0.15, 0.2) is 0 Å². The molecule has 1 saturated carbocycles. The summed E-state index contributed by atoms with van der Waals surface area (Å²) in [6.07, 6.45) is 4.85. The van der Waals surface area contributed by atoms with Crippen molar-refractivity contribution in [3.05, 3.63) is 61.5 Å². The summed E-state index contributed by atoms with van der Waals surface area (Å²) in [6, 6.07) is 6.09. The van der Waals surface area contributed by atoms with E-state index in [1.54, 1.807) is 6.07 Å². The van der Waals surface area contributed by atoms with Crippen molar-refractivity contribution in [1.82, 2.24) is 10.3 Å². The van der Waals surface area contributed by atoms with E-state index in [9.17, 15) is 9.59 Å². The fraction of sp³-hybridized carbons (Fsp3) is 0.478. The summed E-state index contributed by atoms with van der Waals surface area (Å²) in [5, 5.41) is 3.45. The Morgan fingerprint density at radius 1 is 1.21 bits per heavy atom. The summed E-state index contributed by atoms with van der Waals surface area (Å²) in [5.74, 6) is -0.215. The zero-order valence-electron chi connectivity index (χ0n) is 17.7. The lowest BCUT2D eigenvalue weighted by atomic mass is 10.0. The zero-order valence-corrected chi connectivity index (χ0v) is 18.4. The molecule has 0 aliphatic heterocycles. The van der Waals surface area contributed by atoms with Crippen molar-refractivity contribution in [2.24, 2.45) is 0 Å². The number of amides is 1. The molecule has 0 radical (unpaired) electrons. The molecule has 156 valence electrons. The van der Waals surface area contributed by atoms with Gasteiger partial charge in [-0.1, -0.05) is 24.4 Å². The molecule has 1 aromatic heterocycles. The highest BCUT2D eigenvalue weighted by Crippen LogP contribution is 2.33. The minimum Gasteiger partial charge on any atom is -0.369 e. The molecule has 5 nitrogen and oxygen atoms in total. The molecule has 0 saturated heterocycles. The van der Waals surface area contributed by atoms with Gasteiger partial charge in [-0.15, -0.1) is 0 Å². The minimum atomic E-state index is -0.215. The van der Waals surface area contributed by atoms with Gasteiger partial charge in [0, 0.05) is 46.7 Å². The first kappa shape index (κ1) is 21.4. The van der Waals surface area contributed by atoms with Crippen molar-refractivity contribution in [3.8, 4) is 0 Å². The van der Waals surface area contributed by atoms with Crippen LogP contribution in [0.5, 0.6) is 0 Å². The lowest BCUT2D eigenvalue weighted by molar-refractivity contribution is 0.0950. The van der Waals surface area contributed by atoms with E-state index < -0.39 is 0 Å². The van der Waals surface area contributed by atoms with Gasteiger partial charge in [0.1, 0.15) is 0 Å². The Labute approximate surface area is 177 Å². The summed E-state index contributed by atoms with van der Waals surface area (Å²) in [6.45, 7) is 8.91. The molecule has 1 aromatic carbocycles. The standard InChI is InChI=1S/C23H30ClN3O2/c1-5-27(18-8-6-7-9-18)21-12-17(24)11-19(16(21)4)22(28)25-13-20-14(2)10-15(3)26-23(20)29/h10-12,18H,5-9,13H2,1-4H3,(H,25,28)(H,26,29). The van der Waals surface area contributed by atoms with Gasteiger partial charge in [0.2, 0.25) is 0 Å². The number of anilines is 1. The van der Waals surface area contributed by atoms with Gasteiger partial charge in [-0.25, -0.2) is 0 Å². The maximum Gasteiger partial charge on any atom is 0.253 e. The minimum absolute atomic E-state index is 0.162. The maximum absolute atomic E-state index is 13.0. The van der Waals surface area contributed by atoms with Crippen LogP contribution in [0.1, 0.15) is 65.3 Å². The molecule has 29 heavy (non-hydrogen) atoms. The summed E-state index contributed by atoms with van der Waals surface area (Å²) in [4.78, 5) is 30.4. The fourth-order valence-corrected chi connectivity index (χ4v) is 4.62. The van der Waals surface area contributed by atoms with Crippen LogP contribution in [0.25, 0.3) is 0 Å². The van der Waals surface area contributed by atoms with Gasteiger partial charge in [-0.3, -0.25) is 9.59 Å². The Morgan fingerprint density at radius 3 is 2.52 bits per heavy atom. The Morgan fingerprint density at radius 2 is 1.90 bits per heavy atom. The molecule has 1 aliphatic carbocycles. The van der Waals surface area contributed by atoms with Crippen LogP contribution in [-0.2, 0) is 6.54 Å². The smallest absolute Gasteiger partial charge is 0.253 e. The molecule has 0 unspecified atom stereocenters. The number of nitrogens with zero attached hydrogens (tertiary/aromatic N) is 1. The van der Waals surface area contributed by atoms with Crippen LogP contribution in [0.15, 0.2) is 23.0 Å². The highest BCUT2D eigenvalue weighted by molar-refractivity contribution is 6.31. The van der Waals surface area contributed by atoms with Crippen molar-refractivity contribution in [1.29, 1.82) is 0 Å². The number of H-pyrrole nitrogens is 1. The van der Waals surface area contributed by atoms with Crippen LogP contribution in [0.2, 0.25) is 5.02 Å². The summed E-state index contributed by atoms with van der Waals surface area (Å²) in [7, 11) is 0. The second-order valence-electron chi connectivity index (χ2n) is 7.95. The van der Waals surface area contributed by atoms with Crippen LogP contribution in [-0.4, -0.2) is 23.5 Å². The van der Waals surface area contributed by atoms with Crippen LogP contribution in [0.4, 0.5) is 5.69 Å². The lowest BCUT2D eigenvalue weighted by Crippen LogP contribution is -2.34. The molecule has 1 aliphatic rings. The first-order chi connectivity index (χ1) is 13.8. The van der Waals surface area contributed by atoms with Gasteiger partial charge in [0.05, 0.1) is 0 Å². The van der Waals surface area contributed by atoms with Gasteiger partial charge in [-0.05, 0) is 69.9 Å². The van der Waals surface area contributed by atoms with E-state index in [1.165, 1.54) is 25.7 Å². The number of nitrogens with one attached hydrogen (secondary N) is 2. The van der Waals surface area contributed by atoms with E-state index in [-0.39, 0.29) is 18.0 Å². The molecule has 6 heteroatoms. The number of benzene rings is 1. The summed E-state index contributed by atoms with van der Waals surface area (Å²) in [5.41, 5.74) is 4.61. The van der Waals surface area contributed by atoms with E-state index in [0.29, 0.717) is 22.2 Å². The average molecular weight is 416 g/mol. The van der Waals surface area contributed by atoms with E-state index in [1.807, 2.05) is 32.9 Å². The van der Waals surface area contributed by atoms with Crippen molar-refractivity contribution in [2.45, 2.75) is 66.0 Å². The average Bonchev–Trinajstić information content (AvgIpc) is 3.18. The number of pyridine rings is 1. The van der Waals surface area contributed by atoms with E-state index in [0.717, 1.165) is 29.1 Å². The Balaban J connectivity index is 1.86. The number of rotatable bonds is 6. The molecule has 2 aromatic rings. The first-order valence-corrected chi connectivity index (χ1v) is 10.7. The molecule has 3 rings (SSSR count). The van der Waals surface area contributed by atoms with E-state index in [4.69, 9.17) is 11.6 Å². The summed E-state index contributed by atoms with van der Waals surface area (Å²) >= 11 is 6.40. The third-order valence-electron chi connectivity index (χ3n) is 5.92. The van der Waals surface area contributed by atoms with Crippen LogP contribution >= 0.6 is 11.6 Å². The Kier molecular flexibility index (Phi) is 6.68. The molecule has 1 amide bonds. The first-order valence-electron chi connectivity index (χ1n) is 10.4. The lowest BCUT2D eigenvalue weighted by Gasteiger charge is -2.32. The summed E-state index contributed by atoms with van der Waals surface area (Å²) < 4.78 is 0. The molecule has 2 N–H and O–H groups in total. The third kappa shape index (κ3) is 4.67. The highest BCUT2D eigenvalue weighted by Gasteiger charge is 2.25. The van der Waals surface area contributed by atoms with E-state index in [2.05, 4.69) is 22.1 Å². The monoisotopic (exact) mass is 415 g/mol. The number of carbonyl (C=O) groups excluding carboxylic acids is 1. The molecule has 0 spiro atoms. The van der Waals surface area contributed by atoms with Crippen LogP contribution < -0.4 is 15.8 Å². The van der Waals surface area contributed by atoms with Crippen molar-refractivity contribution in [2.75, 3.05) is 11.4 Å². The maximum atomic E-state index is 13.0. The van der Waals surface area contributed by atoms with Crippen molar-refractivity contribution in [3.63, 3.8) is 0 Å². The number of halogens is 1. The quantitative estimate of drug-likeness (QED) is 0.721. The van der Waals surface area contributed by atoms with Crippen molar-refractivity contribution < 1.29 is 4.79 Å². The number of aryl methyl sites for hydroxylation is 2. The van der Waals surface area contributed by atoms with E-state index >= 15 is 0 Å². The molecule has 1 fully saturated rings. The molecule has 0 bridgehead atoms. The van der Waals surface area contributed by atoms with Crippen LogP contribution in [0, 0.1) is 20.8 Å². The highest BCUT2D eigenvalue weighted by atomic mass is 35.5. The van der Waals surface area contributed by atoms with Gasteiger partial charge < -0.3 is 15.2 Å². The molecule has 1 heterocycles. The molecular weight excluding hydrogens is 386 g/mol. The Hall–Kier alpha value is -2.27. The number of aromatic amines is 1. The number of hydrogen-bond acceptors (Lipinski definition) is 3. The Bertz CT molecular complexity index is 961. The fourth-order valence-electron chi connectivity index (χ4n) is 4.41. The van der Waals surface area contributed by atoms with Crippen molar-refractivity contribution >= 4 is 23.2 Å². The second kappa shape index (κ2) is 9.04. The largest absolute Gasteiger partial charge is 0.369 e. The normalized spacial score (nSPS) is 14.2. The SMILES string of the molecule is CCN(c1cc(Cl)cc(C(=O)NCc2c(C)cc(C)[nH]c2=O)c1C)C1CCCC1. The number of carbonyl (C=O) groups is 1. The molecule has 0 atom stereocenters. The predicted octanol–water partition coefficient (Wildman–Crippen LogP) is 4.65. The topological polar surface area (TPSA) is 65.2 Å². The third-order valence-corrected chi connectivity index (χ3v) is 6.14. The van der Waals surface area contributed by atoms with Gasteiger partial charge in [-0.2, -0.15) is 0 Å². The molecular formula is C23H30ClN3O2. The zero-order chi connectivity index (χ0) is 21.1. The van der Waals surface area contributed by atoms with Gasteiger partial charge in [0.25, 0.3) is 11.5 Å². The second-order valence-corrected chi connectivity index (χ2v) is 8.38. The van der Waals surface area contributed by atoms with Crippen LogP contribution in [0.3, 0.4) is 0 Å². The number of hydrogen-bond donors (Lipinski definition) is 2. The van der Waals surface area contributed by atoms with Gasteiger partial charge >= 0.3 is 0 Å². The predicted molar refractivity (Wildman–Crippen MR) is 119 cm³/mol.